The van der Waals surface area contributed by atoms with Crippen molar-refractivity contribution < 1.29 is 18.4 Å². The van der Waals surface area contributed by atoms with Crippen molar-refractivity contribution >= 4 is 23.4 Å². The molecule has 0 bridgehead atoms. The number of rotatable bonds is 7. The van der Waals surface area contributed by atoms with E-state index in [0.717, 1.165) is 22.6 Å². The summed E-state index contributed by atoms with van der Waals surface area (Å²) in [6, 6.07) is 12.7. The van der Waals surface area contributed by atoms with Gasteiger partial charge in [0, 0.05) is 6.42 Å². The summed E-state index contributed by atoms with van der Waals surface area (Å²) in [5, 5.41) is 14.8. The predicted octanol–water partition coefficient (Wildman–Crippen LogP) is 3.63. The van der Waals surface area contributed by atoms with Gasteiger partial charge in [0.25, 0.3) is 5.91 Å². The van der Waals surface area contributed by atoms with E-state index in [1.165, 1.54) is 21.4 Å². The van der Waals surface area contributed by atoms with Gasteiger partial charge in [0.2, 0.25) is 5.16 Å². The topological polar surface area (TPSA) is 125 Å². The van der Waals surface area contributed by atoms with Crippen LogP contribution in [0.3, 0.4) is 0 Å². The summed E-state index contributed by atoms with van der Waals surface area (Å²) in [5.74, 6) is 8.65. The number of nitrogens with zero attached hydrogens (tertiary/aromatic N) is 5. The minimum atomic E-state index is -0.333. The van der Waals surface area contributed by atoms with Crippen LogP contribution in [0.15, 0.2) is 74.1 Å². The minimum absolute atomic E-state index is 0.0797. The molecule has 1 aromatic carbocycles. The molecule has 3 aromatic heterocycles. The number of nitrogens with two attached hydrogens (primary N) is 1. The second-order valence-electron chi connectivity index (χ2n) is 7.60. The summed E-state index contributed by atoms with van der Waals surface area (Å²) in [4.78, 5) is 13.2. The lowest BCUT2D eigenvalue weighted by molar-refractivity contribution is -0.130. The van der Waals surface area contributed by atoms with Crippen molar-refractivity contribution in [3.8, 4) is 17.1 Å². The molecular weight excluding hydrogens is 456 g/mol. The number of furan rings is 2. The van der Waals surface area contributed by atoms with Gasteiger partial charge in [-0.2, -0.15) is 5.10 Å². The number of hydrogen-bond donors (Lipinski definition) is 1. The number of aromatic nitrogens is 3. The van der Waals surface area contributed by atoms with Gasteiger partial charge in [-0.1, -0.05) is 11.8 Å². The number of aryl methyl sites for hydroxylation is 1. The number of hydrogen-bond acceptors (Lipinski definition) is 9. The molecule has 4 aromatic rings. The molecule has 1 aliphatic heterocycles. The largest absolute Gasteiger partial charge is 0.497 e. The zero-order chi connectivity index (χ0) is 23.7. The monoisotopic (exact) mass is 478 g/mol. The third-order valence-electron chi connectivity index (χ3n) is 5.55. The molecule has 4 heterocycles. The van der Waals surface area contributed by atoms with Crippen LogP contribution in [0.4, 0.5) is 0 Å². The van der Waals surface area contributed by atoms with Crippen LogP contribution in [-0.4, -0.2) is 44.4 Å². The van der Waals surface area contributed by atoms with E-state index in [2.05, 4.69) is 15.3 Å². The normalized spacial score (nSPS) is 15.5. The standard InChI is InChI=1S/C23H22N6O4S/c1-14-17(9-11-32-14)22-25-26-23(28(22)24)34-13-21(30)29-19(20-4-3-10-33-20)12-18(27-29)15-5-7-16(31-2)8-6-15/h3-11,19H,12-13,24H2,1-2H3/t19-/m0/s1. The van der Waals surface area contributed by atoms with Crippen molar-refractivity contribution in [2.45, 2.75) is 24.5 Å². The lowest BCUT2D eigenvalue weighted by atomic mass is 10.0. The zero-order valence-electron chi connectivity index (χ0n) is 18.5. The molecule has 0 fully saturated rings. The van der Waals surface area contributed by atoms with Gasteiger partial charge in [-0.15, -0.1) is 10.2 Å². The summed E-state index contributed by atoms with van der Waals surface area (Å²) in [5.41, 5.74) is 2.46. The van der Waals surface area contributed by atoms with Gasteiger partial charge < -0.3 is 19.4 Å². The molecule has 2 N–H and O–H groups in total. The lowest BCUT2D eigenvalue weighted by Crippen LogP contribution is -2.28. The second-order valence-corrected chi connectivity index (χ2v) is 8.55. The first-order valence-electron chi connectivity index (χ1n) is 10.5. The van der Waals surface area contributed by atoms with Crippen LogP contribution in [0.1, 0.15) is 29.5 Å². The predicted molar refractivity (Wildman–Crippen MR) is 126 cm³/mol. The van der Waals surface area contributed by atoms with Crippen molar-refractivity contribution in [3.05, 3.63) is 72.1 Å². The first-order chi connectivity index (χ1) is 16.5. The van der Waals surface area contributed by atoms with Gasteiger partial charge in [-0.25, -0.2) is 9.69 Å². The Morgan fingerprint density at radius 3 is 2.68 bits per heavy atom. The molecule has 0 aliphatic carbocycles. The molecule has 5 rings (SSSR count). The second kappa shape index (κ2) is 9.10. The van der Waals surface area contributed by atoms with Crippen molar-refractivity contribution in [2.75, 3.05) is 18.7 Å². The average molecular weight is 479 g/mol. The number of benzene rings is 1. The number of carbonyl (C=O) groups excluding carboxylic acids is 1. The highest BCUT2D eigenvalue weighted by molar-refractivity contribution is 7.99. The van der Waals surface area contributed by atoms with E-state index in [4.69, 9.17) is 19.4 Å². The van der Waals surface area contributed by atoms with Crippen LogP contribution >= 0.6 is 11.8 Å². The fraction of sp³-hybridized carbons (Fsp3) is 0.217. The van der Waals surface area contributed by atoms with Crippen molar-refractivity contribution in [2.24, 2.45) is 5.10 Å². The van der Waals surface area contributed by atoms with Crippen LogP contribution in [0.25, 0.3) is 11.4 Å². The van der Waals surface area contributed by atoms with Gasteiger partial charge in [-0.3, -0.25) is 4.79 Å². The Morgan fingerprint density at radius 1 is 1.18 bits per heavy atom. The van der Waals surface area contributed by atoms with E-state index in [9.17, 15) is 4.79 Å². The Morgan fingerprint density at radius 2 is 2.00 bits per heavy atom. The molecule has 1 amide bonds. The highest BCUT2D eigenvalue weighted by atomic mass is 32.2. The highest BCUT2D eigenvalue weighted by Gasteiger charge is 2.35. The van der Waals surface area contributed by atoms with Gasteiger partial charge >= 0.3 is 0 Å². The van der Waals surface area contributed by atoms with E-state index in [1.807, 2.05) is 37.3 Å². The molecule has 1 atom stereocenters. The molecule has 0 radical (unpaired) electrons. The Hall–Kier alpha value is -3.99. The number of thioether (sulfide) groups is 1. The van der Waals surface area contributed by atoms with E-state index in [1.54, 1.807) is 31.8 Å². The van der Waals surface area contributed by atoms with Gasteiger partial charge in [0.15, 0.2) is 5.82 Å². The van der Waals surface area contributed by atoms with Gasteiger partial charge in [-0.05, 0) is 55.0 Å². The molecule has 1 aliphatic rings. The SMILES string of the molecule is COc1ccc(C2=NN(C(=O)CSc3nnc(-c4ccoc4C)n3N)[C@H](c3ccco3)C2)cc1. The third-order valence-corrected chi connectivity index (χ3v) is 6.48. The summed E-state index contributed by atoms with van der Waals surface area (Å²) in [6.45, 7) is 1.82. The van der Waals surface area contributed by atoms with Gasteiger partial charge in [0.1, 0.15) is 23.3 Å². The number of nitrogen functional groups attached to an aromatic ring is 1. The van der Waals surface area contributed by atoms with Crippen LogP contribution in [0.5, 0.6) is 5.75 Å². The Balaban J connectivity index is 1.35. The summed E-state index contributed by atoms with van der Waals surface area (Å²) in [6.07, 6.45) is 3.69. The lowest BCUT2D eigenvalue weighted by Gasteiger charge is -2.19. The summed E-state index contributed by atoms with van der Waals surface area (Å²) < 4.78 is 17.5. The average Bonchev–Trinajstić information content (AvgIpc) is 3.65. The maximum Gasteiger partial charge on any atom is 0.253 e. The van der Waals surface area contributed by atoms with Crippen LogP contribution < -0.4 is 10.6 Å². The fourth-order valence-corrected chi connectivity index (χ4v) is 4.48. The molecule has 174 valence electrons. The van der Waals surface area contributed by atoms with Crippen molar-refractivity contribution in [1.29, 1.82) is 0 Å². The van der Waals surface area contributed by atoms with E-state index < -0.39 is 0 Å². The number of amides is 1. The summed E-state index contributed by atoms with van der Waals surface area (Å²) in [7, 11) is 1.62. The smallest absolute Gasteiger partial charge is 0.253 e. The van der Waals surface area contributed by atoms with E-state index >= 15 is 0 Å². The van der Waals surface area contributed by atoms with E-state index in [0.29, 0.717) is 28.9 Å². The van der Waals surface area contributed by atoms with Gasteiger partial charge in [0.05, 0.1) is 36.7 Å². The zero-order valence-corrected chi connectivity index (χ0v) is 19.4. The first kappa shape index (κ1) is 21.8. The fourth-order valence-electron chi connectivity index (χ4n) is 3.77. The highest BCUT2D eigenvalue weighted by Crippen LogP contribution is 2.34. The molecule has 0 saturated carbocycles. The van der Waals surface area contributed by atoms with E-state index in [-0.39, 0.29) is 17.7 Å². The molecule has 34 heavy (non-hydrogen) atoms. The number of ether oxygens (including phenoxy) is 1. The molecule has 0 spiro atoms. The molecular formula is C23H22N6O4S. The van der Waals surface area contributed by atoms with Crippen molar-refractivity contribution in [3.63, 3.8) is 0 Å². The molecule has 10 nitrogen and oxygen atoms in total. The van der Waals surface area contributed by atoms with Crippen LogP contribution in [-0.2, 0) is 4.79 Å². The van der Waals surface area contributed by atoms with Crippen molar-refractivity contribution in [1.82, 2.24) is 19.9 Å². The number of methoxy groups -OCH3 is 1. The molecule has 11 heteroatoms. The Kier molecular flexibility index (Phi) is 5.84. The Bertz CT molecular complexity index is 1330. The quantitative estimate of drug-likeness (QED) is 0.315. The number of hydrazone groups is 1. The first-order valence-corrected chi connectivity index (χ1v) is 11.5. The van der Waals surface area contributed by atoms with Crippen LogP contribution in [0.2, 0.25) is 0 Å². The Labute approximate surface area is 199 Å². The number of carbonyl (C=O) groups is 1. The third kappa shape index (κ3) is 4.05. The minimum Gasteiger partial charge on any atom is -0.497 e. The summed E-state index contributed by atoms with van der Waals surface area (Å²) >= 11 is 1.19. The molecule has 0 unspecified atom stereocenters. The molecule has 0 saturated heterocycles. The van der Waals surface area contributed by atoms with Crippen LogP contribution in [0, 0.1) is 6.92 Å². The maximum atomic E-state index is 13.2. The maximum absolute atomic E-state index is 13.2.